The Morgan fingerprint density at radius 3 is 2.88 bits per heavy atom. The quantitative estimate of drug-likeness (QED) is 0.588. The molecule has 8 nitrogen and oxygen atoms in total. The molecule has 0 aliphatic heterocycles. The predicted octanol–water partition coefficient (Wildman–Crippen LogP) is 1.09. The number of carbonyl (C=O) groups excluding carboxylic acids is 1. The van der Waals surface area contributed by atoms with Crippen LogP contribution in [0.5, 0.6) is 0 Å². The van der Waals surface area contributed by atoms with Crippen molar-refractivity contribution < 1.29 is 9.53 Å². The number of amides is 1. The van der Waals surface area contributed by atoms with Crippen molar-refractivity contribution in [2.45, 2.75) is 6.92 Å². The first-order chi connectivity index (χ1) is 12.7. The molecule has 1 amide bonds. The predicted molar refractivity (Wildman–Crippen MR) is 98.5 cm³/mol. The summed E-state index contributed by atoms with van der Waals surface area (Å²) in [5.41, 5.74) is 2.61. The van der Waals surface area contributed by atoms with Crippen molar-refractivity contribution in [3.8, 4) is 5.69 Å². The van der Waals surface area contributed by atoms with E-state index in [-0.39, 0.29) is 5.91 Å². The Morgan fingerprint density at radius 1 is 1.19 bits per heavy atom. The first-order valence-corrected chi connectivity index (χ1v) is 8.46. The third-order valence-corrected chi connectivity index (χ3v) is 4.02. The van der Waals surface area contributed by atoms with Crippen LogP contribution in [-0.2, 0) is 4.74 Å². The van der Waals surface area contributed by atoms with Crippen molar-refractivity contribution in [1.82, 2.24) is 30.6 Å². The molecule has 0 atom stereocenters. The number of fused-ring (bicyclic) bond motifs is 1. The number of para-hydroxylation sites is 1. The number of ether oxygens (including phenoxy) is 1. The molecule has 0 saturated heterocycles. The first-order valence-electron chi connectivity index (χ1n) is 8.46. The lowest BCUT2D eigenvalue weighted by Crippen LogP contribution is -2.33. The van der Waals surface area contributed by atoms with Crippen molar-refractivity contribution in [2.75, 3.05) is 33.4 Å². The monoisotopic (exact) mass is 354 g/mol. The molecule has 3 aromatic rings. The Bertz CT molecular complexity index is 887. The van der Waals surface area contributed by atoms with Gasteiger partial charge in [0, 0.05) is 38.3 Å². The number of hydrogen-bond acceptors (Lipinski definition) is 6. The highest BCUT2D eigenvalue weighted by Crippen LogP contribution is 2.21. The Balaban J connectivity index is 1.72. The number of nitrogens with one attached hydrogen (secondary N) is 2. The lowest BCUT2D eigenvalue weighted by molar-refractivity contribution is 0.0948. The van der Waals surface area contributed by atoms with Crippen LogP contribution >= 0.6 is 0 Å². The van der Waals surface area contributed by atoms with Crippen LogP contribution in [0, 0.1) is 6.92 Å². The highest BCUT2D eigenvalue weighted by Gasteiger charge is 2.18. The van der Waals surface area contributed by atoms with Crippen molar-refractivity contribution >= 4 is 16.8 Å². The number of nitrogens with zero attached hydrogens (tertiary/aromatic N) is 4. The van der Waals surface area contributed by atoms with Gasteiger partial charge in [0.2, 0.25) is 0 Å². The van der Waals surface area contributed by atoms with E-state index >= 15 is 0 Å². The second-order valence-electron chi connectivity index (χ2n) is 5.79. The van der Waals surface area contributed by atoms with Gasteiger partial charge in [0.15, 0.2) is 5.69 Å². The molecule has 2 aromatic heterocycles. The minimum absolute atomic E-state index is 0.240. The molecular weight excluding hydrogens is 332 g/mol. The molecule has 2 N–H and O–H groups in total. The summed E-state index contributed by atoms with van der Waals surface area (Å²) in [6.45, 7) is 4.38. The zero-order chi connectivity index (χ0) is 18.4. The summed E-state index contributed by atoms with van der Waals surface area (Å²) in [6.07, 6.45) is 1.74. The van der Waals surface area contributed by atoms with E-state index in [0.717, 1.165) is 23.1 Å². The van der Waals surface area contributed by atoms with Crippen molar-refractivity contribution in [1.29, 1.82) is 0 Å². The molecule has 0 saturated carbocycles. The van der Waals surface area contributed by atoms with Gasteiger partial charge < -0.3 is 15.4 Å². The molecule has 136 valence electrons. The van der Waals surface area contributed by atoms with E-state index < -0.39 is 0 Å². The number of methoxy groups -OCH3 is 1. The Kier molecular flexibility index (Phi) is 5.88. The molecule has 0 radical (unpaired) electrons. The van der Waals surface area contributed by atoms with E-state index in [0.29, 0.717) is 31.1 Å². The van der Waals surface area contributed by atoms with Gasteiger partial charge in [0.05, 0.1) is 23.5 Å². The summed E-state index contributed by atoms with van der Waals surface area (Å²) in [7, 11) is 1.65. The highest BCUT2D eigenvalue weighted by molar-refractivity contribution is 5.93. The minimum atomic E-state index is -0.240. The van der Waals surface area contributed by atoms with Crippen molar-refractivity contribution in [3.05, 3.63) is 47.9 Å². The second-order valence-corrected chi connectivity index (χ2v) is 5.79. The van der Waals surface area contributed by atoms with Crippen molar-refractivity contribution in [2.24, 2.45) is 0 Å². The van der Waals surface area contributed by atoms with Crippen molar-refractivity contribution in [3.63, 3.8) is 0 Å². The van der Waals surface area contributed by atoms with Crippen LogP contribution in [0.1, 0.15) is 16.2 Å². The van der Waals surface area contributed by atoms with Gasteiger partial charge in [-0.15, -0.1) is 5.10 Å². The number of pyridine rings is 1. The summed E-state index contributed by atoms with van der Waals surface area (Å²) in [4.78, 5) is 16.8. The van der Waals surface area contributed by atoms with E-state index in [1.807, 2.05) is 37.3 Å². The van der Waals surface area contributed by atoms with Gasteiger partial charge in [0.25, 0.3) is 5.91 Å². The number of hydrogen-bond donors (Lipinski definition) is 2. The highest BCUT2D eigenvalue weighted by atomic mass is 16.5. The molecule has 0 aliphatic rings. The minimum Gasteiger partial charge on any atom is -0.383 e. The van der Waals surface area contributed by atoms with Gasteiger partial charge in [0.1, 0.15) is 0 Å². The Labute approximate surface area is 151 Å². The summed E-state index contributed by atoms with van der Waals surface area (Å²) in [5, 5.41) is 15.2. The first kappa shape index (κ1) is 18.0. The van der Waals surface area contributed by atoms with Crippen LogP contribution in [-0.4, -0.2) is 59.2 Å². The fourth-order valence-electron chi connectivity index (χ4n) is 2.67. The molecule has 8 heteroatoms. The van der Waals surface area contributed by atoms with E-state index in [4.69, 9.17) is 4.74 Å². The maximum Gasteiger partial charge on any atom is 0.273 e. The van der Waals surface area contributed by atoms with Crippen LogP contribution in [0.2, 0.25) is 0 Å². The van der Waals surface area contributed by atoms with Gasteiger partial charge in [-0.1, -0.05) is 23.4 Å². The summed E-state index contributed by atoms with van der Waals surface area (Å²) in [5.74, 6) is -0.240. The normalized spacial score (nSPS) is 11.0. The fraction of sp³-hybridized carbons (Fsp3) is 0.333. The Hall–Kier alpha value is -2.84. The second kappa shape index (κ2) is 8.50. The maximum atomic E-state index is 12.4. The zero-order valence-corrected chi connectivity index (χ0v) is 14.9. The SMILES string of the molecule is COCCNCCNC(=O)c1nnn(-c2cccc3cccnc23)c1C. The molecule has 0 aliphatic carbocycles. The van der Waals surface area contributed by atoms with Gasteiger partial charge in [-0.05, 0) is 19.1 Å². The molecule has 0 unspecified atom stereocenters. The van der Waals surface area contributed by atoms with Crippen LogP contribution in [0.15, 0.2) is 36.5 Å². The summed E-state index contributed by atoms with van der Waals surface area (Å²) in [6, 6.07) is 9.72. The number of rotatable bonds is 8. The van der Waals surface area contributed by atoms with Crippen LogP contribution in [0.4, 0.5) is 0 Å². The lowest BCUT2D eigenvalue weighted by atomic mass is 10.2. The smallest absolute Gasteiger partial charge is 0.273 e. The van der Waals surface area contributed by atoms with Gasteiger partial charge in [-0.25, -0.2) is 4.68 Å². The van der Waals surface area contributed by atoms with Gasteiger partial charge in [-0.3, -0.25) is 9.78 Å². The summed E-state index contributed by atoms with van der Waals surface area (Å²) >= 11 is 0. The average Bonchev–Trinajstić information content (AvgIpc) is 3.05. The maximum absolute atomic E-state index is 12.4. The largest absolute Gasteiger partial charge is 0.383 e. The number of carbonyl (C=O) groups is 1. The topological polar surface area (TPSA) is 94.0 Å². The van der Waals surface area contributed by atoms with E-state index in [1.54, 1.807) is 18.0 Å². The third kappa shape index (κ3) is 3.87. The Morgan fingerprint density at radius 2 is 2.04 bits per heavy atom. The number of aromatic nitrogens is 4. The standard InChI is InChI=1S/C18H22N6O2/c1-13-16(18(25)21-10-9-19-11-12-26-2)22-23-24(13)15-7-3-5-14-6-4-8-20-17(14)15/h3-8,19H,9-12H2,1-2H3,(H,21,25). The lowest BCUT2D eigenvalue weighted by Gasteiger charge is -2.08. The molecule has 0 spiro atoms. The van der Waals surface area contributed by atoms with E-state index in [1.165, 1.54) is 0 Å². The zero-order valence-electron chi connectivity index (χ0n) is 14.9. The molecule has 0 bridgehead atoms. The molecule has 26 heavy (non-hydrogen) atoms. The summed E-state index contributed by atoms with van der Waals surface area (Å²) < 4.78 is 6.61. The molecule has 3 rings (SSSR count). The van der Waals surface area contributed by atoms with Gasteiger partial charge in [-0.2, -0.15) is 0 Å². The van der Waals surface area contributed by atoms with Crippen LogP contribution in [0.25, 0.3) is 16.6 Å². The average molecular weight is 354 g/mol. The molecule has 0 fully saturated rings. The number of benzene rings is 1. The fourth-order valence-corrected chi connectivity index (χ4v) is 2.67. The van der Waals surface area contributed by atoms with E-state index in [2.05, 4.69) is 25.9 Å². The molecule has 1 aromatic carbocycles. The molecular formula is C18H22N6O2. The van der Waals surface area contributed by atoms with Crippen LogP contribution in [0.3, 0.4) is 0 Å². The van der Waals surface area contributed by atoms with Gasteiger partial charge >= 0.3 is 0 Å². The third-order valence-electron chi connectivity index (χ3n) is 4.02. The van der Waals surface area contributed by atoms with Crippen LogP contribution < -0.4 is 10.6 Å². The van der Waals surface area contributed by atoms with E-state index in [9.17, 15) is 4.79 Å². The molecule has 2 heterocycles.